The van der Waals surface area contributed by atoms with Crippen LogP contribution in [0.5, 0.6) is 23.0 Å². The van der Waals surface area contributed by atoms with Crippen LogP contribution in [-0.4, -0.2) is 40.9 Å². The first kappa shape index (κ1) is 19.2. The number of amides is 1. The second-order valence-electron chi connectivity index (χ2n) is 5.36. The average molecular weight is 360 g/mol. The molecule has 0 radical (unpaired) electrons. The first-order valence-corrected chi connectivity index (χ1v) is 8.09. The molecule has 0 fully saturated rings. The number of rotatable bonds is 9. The molecule has 0 unspecified atom stereocenters. The first-order valence-electron chi connectivity index (χ1n) is 8.09. The fraction of sp³-hybridized carbons (Fsp3) is 0.316. The van der Waals surface area contributed by atoms with Crippen molar-refractivity contribution in [1.29, 1.82) is 0 Å². The van der Waals surface area contributed by atoms with E-state index in [1.165, 1.54) is 0 Å². The van der Waals surface area contributed by atoms with Crippen LogP contribution >= 0.6 is 0 Å². The number of ether oxygens (including phenoxy) is 4. The van der Waals surface area contributed by atoms with Crippen LogP contribution < -0.4 is 29.6 Å². The van der Waals surface area contributed by atoms with Crippen molar-refractivity contribution in [3.63, 3.8) is 0 Å². The molecule has 0 bridgehead atoms. The van der Waals surface area contributed by atoms with Crippen LogP contribution in [-0.2, 0) is 4.79 Å². The number of carbonyl (C=O) groups excluding carboxylic acids is 1. The molecule has 2 N–H and O–H groups in total. The molecular weight excluding hydrogens is 336 g/mol. The van der Waals surface area contributed by atoms with Gasteiger partial charge in [0.1, 0.15) is 23.0 Å². The Balaban J connectivity index is 1.96. The smallest absolute Gasteiger partial charge is 0.226 e. The van der Waals surface area contributed by atoms with Crippen molar-refractivity contribution in [3.05, 3.63) is 36.4 Å². The largest absolute Gasteiger partial charge is 0.497 e. The molecule has 1 amide bonds. The van der Waals surface area contributed by atoms with Gasteiger partial charge in [-0.25, -0.2) is 0 Å². The van der Waals surface area contributed by atoms with Gasteiger partial charge in [-0.15, -0.1) is 0 Å². The van der Waals surface area contributed by atoms with E-state index in [-0.39, 0.29) is 12.3 Å². The number of nitrogens with one attached hydrogen (secondary N) is 2. The molecule has 0 saturated heterocycles. The molecule has 2 rings (SSSR count). The molecule has 140 valence electrons. The fourth-order valence-corrected chi connectivity index (χ4v) is 2.39. The van der Waals surface area contributed by atoms with E-state index in [4.69, 9.17) is 18.9 Å². The Kier molecular flexibility index (Phi) is 6.96. The molecule has 7 heteroatoms. The third-order valence-electron chi connectivity index (χ3n) is 3.75. The Morgan fingerprint density at radius 2 is 1.35 bits per heavy atom. The maximum Gasteiger partial charge on any atom is 0.226 e. The lowest BCUT2D eigenvalue weighted by molar-refractivity contribution is -0.116. The molecule has 0 heterocycles. The van der Waals surface area contributed by atoms with Gasteiger partial charge in [-0.2, -0.15) is 0 Å². The van der Waals surface area contributed by atoms with Gasteiger partial charge in [0.05, 0.1) is 39.8 Å². The predicted octanol–water partition coefficient (Wildman–Crippen LogP) is 3.16. The number of carbonyl (C=O) groups is 1. The summed E-state index contributed by atoms with van der Waals surface area (Å²) in [5.74, 6) is 2.45. The van der Waals surface area contributed by atoms with Crippen molar-refractivity contribution in [2.75, 3.05) is 45.6 Å². The number of hydrogen-bond acceptors (Lipinski definition) is 6. The van der Waals surface area contributed by atoms with Crippen LogP contribution in [0, 0.1) is 0 Å². The van der Waals surface area contributed by atoms with Crippen molar-refractivity contribution in [3.8, 4) is 23.0 Å². The summed E-state index contributed by atoms with van der Waals surface area (Å²) in [7, 11) is 6.31. The van der Waals surface area contributed by atoms with E-state index in [9.17, 15) is 4.79 Å². The van der Waals surface area contributed by atoms with Gasteiger partial charge < -0.3 is 29.6 Å². The second-order valence-corrected chi connectivity index (χ2v) is 5.36. The average Bonchev–Trinajstić information content (AvgIpc) is 2.67. The summed E-state index contributed by atoms with van der Waals surface area (Å²) in [4.78, 5) is 12.2. The SMILES string of the molecule is COc1ccc(OC)c(NCCC(=O)Nc2cc(OC)ccc2OC)c1. The summed E-state index contributed by atoms with van der Waals surface area (Å²) in [5.41, 5.74) is 1.33. The van der Waals surface area contributed by atoms with Crippen LogP contribution in [0.4, 0.5) is 11.4 Å². The Bertz CT molecular complexity index is 749. The number of benzene rings is 2. The summed E-state index contributed by atoms with van der Waals surface area (Å²) in [6.07, 6.45) is 0.265. The minimum Gasteiger partial charge on any atom is -0.497 e. The highest BCUT2D eigenvalue weighted by Gasteiger charge is 2.10. The molecule has 0 aliphatic heterocycles. The Hall–Kier alpha value is -3.09. The van der Waals surface area contributed by atoms with E-state index in [0.717, 1.165) is 5.69 Å². The molecule has 0 spiro atoms. The normalized spacial score (nSPS) is 10.0. The van der Waals surface area contributed by atoms with Gasteiger partial charge in [0.25, 0.3) is 0 Å². The topological polar surface area (TPSA) is 78.1 Å². The highest BCUT2D eigenvalue weighted by Crippen LogP contribution is 2.30. The minimum atomic E-state index is -0.147. The quantitative estimate of drug-likeness (QED) is 0.715. The van der Waals surface area contributed by atoms with Crippen LogP contribution in [0.25, 0.3) is 0 Å². The van der Waals surface area contributed by atoms with Crippen LogP contribution in [0.1, 0.15) is 6.42 Å². The zero-order valence-electron chi connectivity index (χ0n) is 15.4. The Morgan fingerprint density at radius 3 is 1.88 bits per heavy atom. The van der Waals surface area contributed by atoms with Gasteiger partial charge in [0.2, 0.25) is 5.91 Å². The lowest BCUT2D eigenvalue weighted by Crippen LogP contribution is -2.17. The molecule has 2 aromatic carbocycles. The molecule has 26 heavy (non-hydrogen) atoms. The Morgan fingerprint density at radius 1 is 0.808 bits per heavy atom. The van der Waals surface area contributed by atoms with Gasteiger partial charge in [-0.05, 0) is 24.3 Å². The molecule has 0 atom stereocenters. The Labute approximate surface area is 153 Å². The summed E-state index contributed by atoms with van der Waals surface area (Å²) in [6, 6.07) is 10.7. The van der Waals surface area contributed by atoms with Crippen LogP contribution in [0.3, 0.4) is 0 Å². The summed E-state index contributed by atoms with van der Waals surface area (Å²) >= 11 is 0. The lowest BCUT2D eigenvalue weighted by atomic mass is 10.2. The maximum absolute atomic E-state index is 12.2. The third kappa shape index (κ3) is 4.95. The lowest BCUT2D eigenvalue weighted by Gasteiger charge is -2.14. The number of anilines is 2. The van der Waals surface area contributed by atoms with E-state index in [1.807, 2.05) is 18.2 Å². The summed E-state index contributed by atoms with van der Waals surface area (Å²) in [6.45, 7) is 0.432. The van der Waals surface area contributed by atoms with Gasteiger partial charge >= 0.3 is 0 Å². The van der Waals surface area contributed by atoms with Crippen molar-refractivity contribution >= 4 is 17.3 Å². The minimum absolute atomic E-state index is 0.147. The van der Waals surface area contributed by atoms with E-state index in [0.29, 0.717) is 35.2 Å². The molecule has 0 aromatic heterocycles. The van der Waals surface area contributed by atoms with Gasteiger partial charge in [-0.1, -0.05) is 0 Å². The van der Waals surface area contributed by atoms with E-state index in [2.05, 4.69) is 10.6 Å². The van der Waals surface area contributed by atoms with E-state index < -0.39 is 0 Å². The maximum atomic E-state index is 12.2. The molecule has 0 aliphatic rings. The van der Waals surface area contributed by atoms with Crippen molar-refractivity contribution in [2.45, 2.75) is 6.42 Å². The molecule has 2 aromatic rings. The van der Waals surface area contributed by atoms with Crippen LogP contribution in [0.15, 0.2) is 36.4 Å². The monoisotopic (exact) mass is 360 g/mol. The summed E-state index contributed by atoms with van der Waals surface area (Å²) < 4.78 is 20.9. The van der Waals surface area contributed by atoms with Crippen molar-refractivity contribution in [2.24, 2.45) is 0 Å². The fourth-order valence-electron chi connectivity index (χ4n) is 2.39. The zero-order chi connectivity index (χ0) is 18.9. The molecule has 0 aliphatic carbocycles. The highest BCUT2D eigenvalue weighted by atomic mass is 16.5. The van der Waals surface area contributed by atoms with Crippen molar-refractivity contribution < 1.29 is 23.7 Å². The summed E-state index contributed by atoms with van der Waals surface area (Å²) in [5, 5.41) is 6.02. The highest BCUT2D eigenvalue weighted by molar-refractivity contribution is 5.92. The van der Waals surface area contributed by atoms with Crippen molar-refractivity contribution in [1.82, 2.24) is 0 Å². The molecule has 7 nitrogen and oxygen atoms in total. The number of methoxy groups -OCH3 is 4. The van der Waals surface area contributed by atoms with Gasteiger partial charge in [-0.3, -0.25) is 4.79 Å². The number of hydrogen-bond donors (Lipinski definition) is 2. The van der Waals surface area contributed by atoms with Gasteiger partial charge in [0, 0.05) is 25.1 Å². The first-order chi connectivity index (χ1) is 12.6. The molecular formula is C19H24N2O5. The van der Waals surface area contributed by atoms with E-state index in [1.54, 1.807) is 46.6 Å². The predicted molar refractivity (Wildman–Crippen MR) is 101 cm³/mol. The second kappa shape index (κ2) is 9.41. The van der Waals surface area contributed by atoms with Crippen LogP contribution in [0.2, 0.25) is 0 Å². The standard InChI is InChI=1S/C19H24N2O5/c1-23-13-5-7-17(25-3)15(11-13)20-10-9-19(22)21-16-12-14(24-2)6-8-18(16)26-4/h5-8,11-12,20H,9-10H2,1-4H3,(H,21,22). The third-order valence-corrected chi connectivity index (χ3v) is 3.75. The molecule has 0 saturated carbocycles. The zero-order valence-corrected chi connectivity index (χ0v) is 15.4. The van der Waals surface area contributed by atoms with Gasteiger partial charge in [0.15, 0.2) is 0 Å². The van der Waals surface area contributed by atoms with E-state index >= 15 is 0 Å².